The van der Waals surface area contributed by atoms with Crippen LogP contribution in [-0.2, 0) is 16.1 Å². The molecular weight excluding hydrogens is 392 g/mol. The number of hydrogen-bond acceptors (Lipinski definition) is 9. The molecular formula is C20H20N4O6. The Balaban J connectivity index is 1.57. The molecule has 0 saturated carbocycles. The standard InChI is InChI=1S/C20H20N4O6/c1-27-15-7-4-13(5-8-15)16(25)12-30-19(26)11-24-22-20(21-23-24)14-6-9-17(28-2)18(10-14)29-3/h4-10H,11-12H2,1-3H3. The third-order valence-corrected chi connectivity index (χ3v) is 4.14. The van der Waals surface area contributed by atoms with Gasteiger partial charge in [0.05, 0.1) is 21.3 Å². The SMILES string of the molecule is COc1ccc(C(=O)COC(=O)Cn2nnc(-c3ccc(OC)c(OC)c3)n2)cc1. The van der Waals surface area contributed by atoms with Crippen molar-refractivity contribution in [1.82, 2.24) is 20.2 Å². The van der Waals surface area contributed by atoms with Gasteiger partial charge in [-0.3, -0.25) is 4.79 Å². The zero-order chi connectivity index (χ0) is 21.5. The quantitative estimate of drug-likeness (QED) is 0.383. The molecule has 0 saturated heterocycles. The number of ketones is 1. The lowest BCUT2D eigenvalue weighted by atomic mass is 10.1. The minimum atomic E-state index is -0.659. The van der Waals surface area contributed by atoms with Crippen molar-refractivity contribution in [2.45, 2.75) is 6.54 Å². The average Bonchev–Trinajstić information content (AvgIpc) is 3.25. The molecule has 1 aromatic heterocycles. The van der Waals surface area contributed by atoms with E-state index < -0.39 is 5.97 Å². The van der Waals surface area contributed by atoms with Crippen molar-refractivity contribution in [3.05, 3.63) is 48.0 Å². The predicted octanol–water partition coefficient (Wildman–Crippen LogP) is 1.79. The number of nitrogens with zero attached hydrogens (tertiary/aromatic N) is 4. The Morgan fingerprint density at radius 2 is 1.67 bits per heavy atom. The first kappa shape index (κ1) is 20.8. The second-order valence-electron chi connectivity index (χ2n) is 6.03. The summed E-state index contributed by atoms with van der Waals surface area (Å²) in [5, 5.41) is 11.9. The molecule has 10 nitrogen and oxygen atoms in total. The summed E-state index contributed by atoms with van der Waals surface area (Å²) in [5.74, 6) is 1.03. The molecule has 0 radical (unpaired) electrons. The second-order valence-corrected chi connectivity index (χ2v) is 6.03. The molecule has 3 aromatic rings. The fourth-order valence-electron chi connectivity index (χ4n) is 2.57. The van der Waals surface area contributed by atoms with Crippen molar-refractivity contribution in [2.75, 3.05) is 27.9 Å². The van der Waals surface area contributed by atoms with E-state index in [9.17, 15) is 9.59 Å². The first-order chi connectivity index (χ1) is 14.5. The van der Waals surface area contributed by atoms with Gasteiger partial charge in [0.25, 0.3) is 0 Å². The highest BCUT2D eigenvalue weighted by Crippen LogP contribution is 2.30. The van der Waals surface area contributed by atoms with Crippen molar-refractivity contribution in [3.63, 3.8) is 0 Å². The molecule has 0 aliphatic rings. The number of rotatable bonds is 9. The van der Waals surface area contributed by atoms with E-state index in [4.69, 9.17) is 18.9 Å². The Bertz CT molecular complexity index is 1030. The molecule has 0 N–H and O–H groups in total. The number of tetrazole rings is 1. The van der Waals surface area contributed by atoms with Crippen LogP contribution in [0.15, 0.2) is 42.5 Å². The van der Waals surface area contributed by atoms with Crippen LogP contribution in [-0.4, -0.2) is 59.9 Å². The lowest BCUT2D eigenvalue weighted by molar-refractivity contribution is -0.143. The van der Waals surface area contributed by atoms with Crippen LogP contribution in [0.25, 0.3) is 11.4 Å². The first-order valence-corrected chi connectivity index (χ1v) is 8.87. The van der Waals surface area contributed by atoms with Crippen LogP contribution in [0.3, 0.4) is 0 Å². The van der Waals surface area contributed by atoms with Crippen molar-refractivity contribution in [3.8, 4) is 28.6 Å². The number of carbonyl (C=O) groups is 2. The number of benzene rings is 2. The molecule has 0 bridgehead atoms. The van der Waals surface area contributed by atoms with Gasteiger partial charge in [0.15, 0.2) is 30.4 Å². The highest BCUT2D eigenvalue weighted by molar-refractivity contribution is 5.98. The van der Waals surface area contributed by atoms with Gasteiger partial charge < -0.3 is 18.9 Å². The van der Waals surface area contributed by atoms with Gasteiger partial charge in [-0.2, -0.15) is 4.80 Å². The lowest BCUT2D eigenvalue weighted by Gasteiger charge is -2.07. The summed E-state index contributed by atoms with van der Waals surface area (Å²) < 4.78 is 20.5. The van der Waals surface area contributed by atoms with E-state index in [2.05, 4.69) is 15.4 Å². The van der Waals surface area contributed by atoms with E-state index in [1.165, 1.54) is 21.3 Å². The lowest BCUT2D eigenvalue weighted by Crippen LogP contribution is -2.19. The highest BCUT2D eigenvalue weighted by Gasteiger charge is 2.14. The number of ether oxygens (including phenoxy) is 4. The summed E-state index contributed by atoms with van der Waals surface area (Å²) in [6.45, 7) is -0.668. The Kier molecular flexibility index (Phi) is 6.58. The third kappa shape index (κ3) is 4.90. The maximum absolute atomic E-state index is 12.1. The maximum Gasteiger partial charge on any atom is 0.330 e. The normalized spacial score (nSPS) is 10.4. The van der Waals surface area contributed by atoms with Crippen molar-refractivity contribution in [1.29, 1.82) is 0 Å². The molecule has 0 aliphatic carbocycles. The fraction of sp³-hybridized carbons (Fsp3) is 0.250. The summed E-state index contributed by atoms with van der Waals surface area (Å²) in [6.07, 6.45) is 0. The summed E-state index contributed by atoms with van der Waals surface area (Å²) in [6, 6.07) is 11.7. The van der Waals surface area contributed by atoms with Gasteiger partial charge in [0.1, 0.15) is 5.75 Å². The second kappa shape index (κ2) is 9.50. The van der Waals surface area contributed by atoms with Crippen LogP contribution >= 0.6 is 0 Å². The van der Waals surface area contributed by atoms with Crippen molar-refractivity contribution in [2.24, 2.45) is 0 Å². The topological polar surface area (TPSA) is 115 Å². The Hall–Kier alpha value is -3.95. The Morgan fingerprint density at radius 3 is 2.33 bits per heavy atom. The molecule has 0 aliphatic heterocycles. The summed E-state index contributed by atoms with van der Waals surface area (Å²) in [5.41, 5.74) is 1.06. The van der Waals surface area contributed by atoms with Gasteiger partial charge in [-0.15, -0.1) is 10.2 Å². The Labute approximate surface area is 172 Å². The maximum atomic E-state index is 12.1. The van der Waals surface area contributed by atoms with Crippen molar-refractivity contribution >= 4 is 11.8 Å². The van der Waals surface area contributed by atoms with Crippen LogP contribution in [0.4, 0.5) is 0 Å². The molecule has 3 rings (SSSR count). The zero-order valence-corrected chi connectivity index (χ0v) is 16.7. The van der Waals surface area contributed by atoms with Gasteiger partial charge in [-0.1, -0.05) is 0 Å². The van der Waals surface area contributed by atoms with Crippen LogP contribution in [0.1, 0.15) is 10.4 Å². The zero-order valence-electron chi connectivity index (χ0n) is 16.7. The molecule has 30 heavy (non-hydrogen) atoms. The van der Waals surface area contributed by atoms with E-state index in [1.807, 2.05) is 0 Å². The Morgan fingerprint density at radius 1 is 0.933 bits per heavy atom. The fourth-order valence-corrected chi connectivity index (χ4v) is 2.57. The van der Waals surface area contributed by atoms with Crippen LogP contribution in [0.5, 0.6) is 17.2 Å². The number of Topliss-reactive ketones (excluding diaryl/α,β-unsaturated/α-hetero) is 1. The minimum Gasteiger partial charge on any atom is -0.497 e. The molecule has 0 atom stereocenters. The minimum absolute atomic E-state index is 0.282. The summed E-state index contributed by atoms with van der Waals surface area (Å²) in [7, 11) is 4.60. The van der Waals surface area contributed by atoms with Crippen LogP contribution < -0.4 is 14.2 Å². The summed E-state index contributed by atoms with van der Waals surface area (Å²) in [4.78, 5) is 25.2. The number of methoxy groups -OCH3 is 3. The smallest absolute Gasteiger partial charge is 0.330 e. The number of hydrogen-bond donors (Lipinski definition) is 0. The monoisotopic (exact) mass is 412 g/mol. The molecule has 2 aromatic carbocycles. The molecule has 1 heterocycles. The average molecular weight is 412 g/mol. The number of esters is 1. The van der Waals surface area contributed by atoms with Gasteiger partial charge >= 0.3 is 5.97 Å². The number of aromatic nitrogens is 4. The van der Waals surface area contributed by atoms with Crippen LogP contribution in [0.2, 0.25) is 0 Å². The first-order valence-electron chi connectivity index (χ1n) is 8.87. The third-order valence-electron chi connectivity index (χ3n) is 4.14. The summed E-state index contributed by atoms with van der Waals surface area (Å²) >= 11 is 0. The van der Waals surface area contributed by atoms with E-state index in [1.54, 1.807) is 42.5 Å². The molecule has 0 unspecified atom stereocenters. The predicted molar refractivity (Wildman–Crippen MR) is 105 cm³/mol. The van der Waals surface area contributed by atoms with Gasteiger partial charge in [0.2, 0.25) is 5.82 Å². The van der Waals surface area contributed by atoms with E-state index in [0.717, 1.165) is 4.80 Å². The van der Waals surface area contributed by atoms with Crippen LogP contribution in [0, 0.1) is 0 Å². The highest BCUT2D eigenvalue weighted by atomic mass is 16.5. The van der Waals surface area contributed by atoms with Gasteiger partial charge in [-0.05, 0) is 47.7 Å². The molecule has 0 amide bonds. The van der Waals surface area contributed by atoms with Crippen molar-refractivity contribution < 1.29 is 28.5 Å². The van der Waals surface area contributed by atoms with E-state index in [0.29, 0.717) is 34.2 Å². The molecule has 0 spiro atoms. The molecule has 156 valence electrons. The van der Waals surface area contributed by atoms with Gasteiger partial charge in [0, 0.05) is 11.1 Å². The number of carbonyl (C=O) groups excluding carboxylic acids is 2. The van der Waals surface area contributed by atoms with E-state index in [-0.39, 0.29) is 18.9 Å². The molecule has 0 fully saturated rings. The van der Waals surface area contributed by atoms with Gasteiger partial charge in [-0.25, -0.2) is 4.79 Å². The molecule has 10 heteroatoms. The largest absolute Gasteiger partial charge is 0.497 e. The van der Waals surface area contributed by atoms with E-state index >= 15 is 0 Å².